The van der Waals surface area contributed by atoms with Crippen LogP contribution in [-0.2, 0) is 4.79 Å². The summed E-state index contributed by atoms with van der Waals surface area (Å²) in [6.45, 7) is 3.94. The van der Waals surface area contributed by atoms with Crippen LogP contribution in [0.15, 0.2) is 70.7 Å². The Hall–Kier alpha value is -4.24. The molecule has 2 heterocycles. The highest BCUT2D eigenvalue weighted by atomic mass is 32.1. The lowest BCUT2D eigenvalue weighted by Gasteiger charge is -2.12. The van der Waals surface area contributed by atoms with Crippen molar-refractivity contribution in [3.05, 3.63) is 81.6 Å². The fourth-order valence-corrected chi connectivity index (χ4v) is 3.90. The molecule has 4 rings (SSSR count). The molecule has 1 aromatic heterocycles. The molecule has 9 heteroatoms. The summed E-state index contributed by atoms with van der Waals surface area (Å²) in [6, 6.07) is 14.9. The molecule has 0 fully saturated rings. The molecular formula is C25H21N3O5S. The van der Waals surface area contributed by atoms with Crippen LogP contribution in [0.4, 0.5) is 5.69 Å². The van der Waals surface area contributed by atoms with Crippen molar-refractivity contribution in [1.29, 1.82) is 0 Å². The smallest absolute Gasteiger partial charge is 0.353 e. The van der Waals surface area contributed by atoms with Gasteiger partial charge in [-0.15, -0.1) is 11.3 Å². The molecule has 2 amide bonds. The van der Waals surface area contributed by atoms with E-state index in [1.54, 1.807) is 73.0 Å². The Balaban J connectivity index is 1.58. The van der Waals surface area contributed by atoms with Gasteiger partial charge in [0.1, 0.15) is 4.88 Å². The van der Waals surface area contributed by atoms with Crippen molar-refractivity contribution in [2.24, 2.45) is 10.8 Å². The van der Waals surface area contributed by atoms with Crippen LogP contribution in [-0.4, -0.2) is 30.1 Å². The van der Waals surface area contributed by atoms with Crippen LogP contribution in [0.25, 0.3) is 6.08 Å². The monoisotopic (exact) mass is 475 g/mol. The summed E-state index contributed by atoms with van der Waals surface area (Å²) in [6.07, 6.45) is 1.70. The highest BCUT2D eigenvalue weighted by Crippen LogP contribution is 2.32. The van der Waals surface area contributed by atoms with Gasteiger partial charge in [-0.05, 0) is 73.3 Å². The maximum Gasteiger partial charge on any atom is 0.353 e. The summed E-state index contributed by atoms with van der Waals surface area (Å²) in [5.74, 6) is -0.638. The van der Waals surface area contributed by atoms with Crippen molar-refractivity contribution in [3.8, 4) is 11.5 Å². The highest BCUT2D eigenvalue weighted by Gasteiger charge is 2.29. The van der Waals surface area contributed by atoms with E-state index in [9.17, 15) is 14.4 Å². The molecule has 1 aliphatic rings. The number of thiophene rings is 1. The number of benzene rings is 2. The number of carbonyl (C=O) groups excluding carboxylic acids is 3. The van der Waals surface area contributed by atoms with E-state index in [-0.39, 0.29) is 5.91 Å². The number of ether oxygens (including phenoxy) is 2. The number of nitrogens with two attached hydrogens (primary N) is 1. The molecule has 3 aromatic rings. The Kier molecular flexibility index (Phi) is 6.55. The molecule has 2 aromatic carbocycles. The SMILES string of the molecule is CCOc1cc(/C=C2\C(=O)N(c3ccc(C(N)=O)cc3)N=C2C)ccc1OC(=O)c1cccs1. The zero-order valence-corrected chi connectivity index (χ0v) is 19.3. The number of hydrazone groups is 1. The third-order valence-electron chi connectivity index (χ3n) is 4.96. The predicted molar refractivity (Wildman–Crippen MR) is 130 cm³/mol. The first-order valence-electron chi connectivity index (χ1n) is 10.4. The van der Waals surface area contributed by atoms with Crippen LogP contribution in [0.3, 0.4) is 0 Å². The van der Waals surface area contributed by atoms with Crippen molar-refractivity contribution in [2.75, 3.05) is 11.6 Å². The maximum atomic E-state index is 13.0. The Labute approximate surface area is 199 Å². The summed E-state index contributed by atoms with van der Waals surface area (Å²) in [7, 11) is 0. The molecule has 0 saturated carbocycles. The molecule has 34 heavy (non-hydrogen) atoms. The summed E-state index contributed by atoms with van der Waals surface area (Å²) < 4.78 is 11.2. The summed E-state index contributed by atoms with van der Waals surface area (Å²) >= 11 is 1.29. The average molecular weight is 476 g/mol. The van der Waals surface area contributed by atoms with Gasteiger partial charge in [0.05, 0.1) is 23.6 Å². The van der Waals surface area contributed by atoms with Crippen molar-refractivity contribution < 1.29 is 23.9 Å². The number of hydrogen-bond acceptors (Lipinski definition) is 7. The zero-order valence-electron chi connectivity index (χ0n) is 18.5. The number of anilines is 1. The fourth-order valence-electron chi connectivity index (χ4n) is 3.30. The first kappa shape index (κ1) is 22.9. The number of rotatable bonds is 7. The van der Waals surface area contributed by atoms with Gasteiger partial charge in [0.2, 0.25) is 5.91 Å². The number of nitrogens with zero attached hydrogens (tertiary/aromatic N) is 2. The summed E-state index contributed by atoms with van der Waals surface area (Å²) in [4.78, 5) is 37.2. The second kappa shape index (κ2) is 9.72. The molecule has 172 valence electrons. The van der Waals surface area contributed by atoms with Gasteiger partial charge in [0.15, 0.2) is 11.5 Å². The molecule has 0 radical (unpaired) electrons. The number of hydrogen-bond donors (Lipinski definition) is 1. The number of amides is 2. The molecule has 0 aliphatic carbocycles. The van der Waals surface area contributed by atoms with E-state index in [0.717, 1.165) is 0 Å². The lowest BCUT2D eigenvalue weighted by Crippen LogP contribution is -2.21. The zero-order chi connectivity index (χ0) is 24.2. The van der Waals surface area contributed by atoms with Crippen LogP contribution in [0, 0.1) is 0 Å². The van der Waals surface area contributed by atoms with E-state index >= 15 is 0 Å². The molecule has 1 aliphatic heterocycles. The largest absolute Gasteiger partial charge is 0.490 e. The first-order valence-corrected chi connectivity index (χ1v) is 11.3. The van der Waals surface area contributed by atoms with Crippen LogP contribution < -0.4 is 20.2 Å². The van der Waals surface area contributed by atoms with Gasteiger partial charge in [-0.25, -0.2) is 4.79 Å². The Bertz CT molecular complexity index is 1310. The summed E-state index contributed by atoms with van der Waals surface area (Å²) in [5.41, 5.74) is 7.76. The standard InChI is InChI=1S/C25H21N3O5S/c1-3-32-21-14-16(6-11-20(21)33-25(31)22-5-4-12-34-22)13-19-15(2)27-28(24(19)30)18-9-7-17(8-10-18)23(26)29/h4-14H,3H2,1-2H3,(H2,26,29)/b19-13-. The average Bonchev–Trinajstić information content (AvgIpc) is 3.46. The normalized spacial score (nSPS) is 14.3. The minimum absolute atomic E-state index is 0.293. The quantitative estimate of drug-likeness (QED) is 0.312. The molecule has 0 bridgehead atoms. The minimum Gasteiger partial charge on any atom is -0.490 e. The van der Waals surface area contributed by atoms with Crippen molar-refractivity contribution in [2.45, 2.75) is 13.8 Å². The molecule has 2 N–H and O–H groups in total. The minimum atomic E-state index is -0.547. The molecule has 0 atom stereocenters. The lowest BCUT2D eigenvalue weighted by molar-refractivity contribution is -0.114. The third-order valence-corrected chi connectivity index (χ3v) is 5.81. The van der Waals surface area contributed by atoms with Crippen LogP contribution in [0.1, 0.15) is 39.4 Å². The van der Waals surface area contributed by atoms with Crippen LogP contribution >= 0.6 is 11.3 Å². The van der Waals surface area contributed by atoms with E-state index in [0.29, 0.717) is 51.1 Å². The van der Waals surface area contributed by atoms with Gasteiger partial charge in [0.25, 0.3) is 5.91 Å². The molecule has 0 unspecified atom stereocenters. The van der Waals surface area contributed by atoms with Gasteiger partial charge in [-0.1, -0.05) is 12.1 Å². The van der Waals surface area contributed by atoms with Gasteiger partial charge in [-0.3, -0.25) is 9.59 Å². The van der Waals surface area contributed by atoms with Crippen LogP contribution in [0.5, 0.6) is 11.5 Å². The maximum absolute atomic E-state index is 13.0. The fraction of sp³-hybridized carbons (Fsp3) is 0.120. The molecule has 8 nitrogen and oxygen atoms in total. The van der Waals surface area contributed by atoms with E-state index in [1.807, 2.05) is 6.92 Å². The van der Waals surface area contributed by atoms with Gasteiger partial charge < -0.3 is 15.2 Å². The van der Waals surface area contributed by atoms with Gasteiger partial charge in [-0.2, -0.15) is 10.1 Å². The van der Waals surface area contributed by atoms with E-state index in [4.69, 9.17) is 15.2 Å². The lowest BCUT2D eigenvalue weighted by atomic mass is 10.1. The molecule has 0 saturated heterocycles. The van der Waals surface area contributed by atoms with E-state index < -0.39 is 11.9 Å². The molecule has 0 spiro atoms. The van der Waals surface area contributed by atoms with Crippen molar-refractivity contribution in [3.63, 3.8) is 0 Å². The second-order valence-corrected chi connectivity index (χ2v) is 8.23. The van der Waals surface area contributed by atoms with Gasteiger partial charge in [0, 0.05) is 5.56 Å². The Morgan fingerprint density at radius 3 is 2.53 bits per heavy atom. The summed E-state index contributed by atoms with van der Waals surface area (Å²) in [5, 5.41) is 7.42. The number of primary amides is 1. The second-order valence-electron chi connectivity index (χ2n) is 7.28. The van der Waals surface area contributed by atoms with E-state index in [1.165, 1.54) is 16.3 Å². The Morgan fingerprint density at radius 1 is 1.12 bits per heavy atom. The third kappa shape index (κ3) is 4.74. The van der Waals surface area contributed by atoms with Crippen LogP contribution in [0.2, 0.25) is 0 Å². The predicted octanol–water partition coefficient (Wildman–Crippen LogP) is 4.27. The highest BCUT2D eigenvalue weighted by molar-refractivity contribution is 7.12. The Morgan fingerprint density at radius 2 is 1.88 bits per heavy atom. The number of carbonyl (C=O) groups is 3. The van der Waals surface area contributed by atoms with Crippen molar-refractivity contribution in [1.82, 2.24) is 0 Å². The molecular weight excluding hydrogens is 454 g/mol. The van der Waals surface area contributed by atoms with E-state index in [2.05, 4.69) is 5.10 Å². The van der Waals surface area contributed by atoms with Gasteiger partial charge >= 0.3 is 5.97 Å². The van der Waals surface area contributed by atoms with Crippen molar-refractivity contribution >= 4 is 46.6 Å². The first-order chi connectivity index (χ1) is 16.4. The topological polar surface area (TPSA) is 111 Å². The number of esters is 1.